The van der Waals surface area contributed by atoms with Crippen LogP contribution in [0, 0.1) is 12.8 Å². The SMILES string of the molecule is Cc1ccc(/C(=C/C(=O)NCCCN(C)C)C(C)C)cc1. The third kappa shape index (κ3) is 6.58. The molecule has 21 heavy (non-hydrogen) atoms. The fourth-order valence-corrected chi connectivity index (χ4v) is 2.13. The third-order valence-corrected chi connectivity index (χ3v) is 3.37. The maximum absolute atomic E-state index is 12.0. The number of nitrogens with zero attached hydrogens (tertiary/aromatic N) is 1. The van der Waals surface area contributed by atoms with Gasteiger partial charge in [0.05, 0.1) is 0 Å². The van der Waals surface area contributed by atoms with Gasteiger partial charge in [-0.2, -0.15) is 0 Å². The summed E-state index contributed by atoms with van der Waals surface area (Å²) in [4.78, 5) is 14.2. The van der Waals surface area contributed by atoms with E-state index in [2.05, 4.69) is 55.3 Å². The zero-order valence-corrected chi connectivity index (χ0v) is 13.9. The van der Waals surface area contributed by atoms with Crippen LogP contribution in [0.25, 0.3) is 5.57 Å². The van der Waals surface area contributed by atoms with Crippen molar-refractivity contribution in [1.29, 1.82) is 0 Å². The van der Waals surface area contributed by atoms with Gasteiger partial charge in [-0.25, -0.2) is 0 Å². The molecule has 0 atom stereocenters. The summed E-state index contributed by atoms with van der Waals surface area (Å²) < 4.78 is 0. The molecular formula is C18H28N2O. The molecule has 0 saturated heterocycles. The Hall–Kier alpha value is -1.61. The highest BCUT2D eigenvalue weighted by Crippen LogP contribution is 2.23. The maximum Gasteiger partial charge on any atom is 0.244 e. The number of hydrogen-bond acceptors (Lipinski definition) is 2. The number of carbonyl (C=O) groups is 1. The Morgan fingerprint density at radius 2 is 1.86 bits per heavy atom. The molecule has 116 valence electrons. The number of aryl methyl sites for hydroxylation is 1. The van der Waals surface area contributed by atoms with Crippen LogP contribution in [0.5, 0.6) is 0 Å². The summed E-state index contributed by atoms with van der Waals surface area (Å²) in [5.74, 6) is 0.318. The molecule has 1 aromatic carbocycles. The van der Waals surface area contributed by atoms with Crippen molar-refractivity contribution in [3.8, 4) is 0 Å². The smallest absolute Gasteiger partial charge is 0.244 e. The summed E-state index contributed by atoms with van der Waals surface area (Å²) in [7, 11) is 4.08. The summed E-state index contributed by atoms with van der Waals surface area (Å²) in [6.45, 7) is 8.00. The average molecular weight is 288 g/mol. The number of rotatable bonds is 7. The zero-order chi connectivity index (χ0) is 15.8. The molecule has 0 aliphatic rings. The van der Waals surface area contributed by atoms with E-state index < -0.39 is 0 Å². The highest BCUT2D eigenvalue weighted by molar-refractivity contribution is 5.95. The molecular weight excluding hydrogens is 260 g/mol. The van der Waals surface area contributed by atoms with Crippen molar-refractivity contribution in [1.82, 2.24) is 10.2 Å². The quantitative estimate of drug-likeness (QED) is 0.617. The Balaban J connectivity index is 2.67. The van der Waals surface area contributed by atoms with Gasteiger partial charge in [-0.15, -0.1) is 0 Å². The van der Waals surface area contributed by atoms with Gasteiger partial charge in [0.25, 0.3) is 0 Å². The molecule has 3 heteroatoms. The zero-order valence-electron chi connectivity index (χ0n) is 13.9. The lowest BCUT2D eigenvalue weighted by Gasteiger charge is -2.13. The number of allylic oxidation sites excluding steroid dienone is 1. The van der Waals surface area contributed by atoms with Crippen molar-refractivity contribution >= 4 is 11.5 Å². The fraction of sp³-hybridized carbons (Fsp3) is 0.500. The molecule has 1 amide bonds. The van der Waals surface area contributed by atoms with Crippen molar-refractivity contribution in [3.05, 3.63) is 41.5 Å². The van der Waals surface area contributed by atoms with Gasteiger partial charge in [0.1, 0.15) is 0 Å². The number of hydrogen-bond donors (Lipinski definition) is 1. The Bertz CT molecular complexity index is 472. The number of carbonyl (C=O) groups excluding carboxylic acids is 1. The van der Waals surface area contributed by atoms with E-state index in [1.54, 1.807) is 6.08 Å². The standard InChI is InChI=1S/C18H28N2O/c1-14(2)17(16-9-7-15(3)8-10-16)13-18(21)19-11-6-12-20(4)5/h7-10,13-14H,6,11-12H2,1-5H3,(H,19,21)/b17-13+. The van der Waals surface area contributed by atoms with Crippen LogP contribution in [0.15, 0.2) is 30.3 Å². The van der Waals surface area contributed by atoms with Crippen molar-refractivity contribution in [3.63, 3.8) is 0 Å². The van der Waals surface area contributed by atoms with E-state index in [9.17, 15) is 4.79 Å². The molecule has 0 bridgehead atoms. The lowest BCUT2D eigenvalue weighted by atomic mass is 9.94. The number of benzene rings is 1. The Kier molecular flexibility index (Phi) is 7.17. The van der Waals surface area contributed by atoms with Crippen LogP contribution in [0.1, 0.15) is 31.4 Å². The normalized spacial score (nSPS) is 12.0. The van der Waals surface area contributed by atoms with Crippen LogP contribution in [0.3, 0.4) is 0 Å². The van der Waals surface area contributed by atoms with E-state index in [1.807, 2.05) is 14.1 Å². The first kappa shape index (κ1) is 17.4. The first-order valence-electron chi connectivity index (χ1n) is 7.61. The van der Waals surface area contributed by atoms with E-state index in [4.69, 9.17) is 0 Å². The Morgan fingerprint density at radius 3 is 2.38 bits per heavy atom. The molecule has 1 N–H and O–H groups in total. The lowest BCUT2D eigenvalue weighted by Crippen LogP contribution is -2.26. The fourth-order valence-electron chi connectivity index (χ4n) is 2.13. The molecule has 0 aliphatic heterocycles. The highest BCUT2D eigenvalue weighted by Gasteiger charge is 2.09. The molecule has 3 nitrogen and oxygen atoms in total. The van der Waals surface area contributed by atoms with Gasteiger partial charge in [-0.1, -0.05) is 43.7 Å². The predicted octanol–water partition coefficient (Wildman–Crippen LogP) is 3.10. The summed E-state index contributed by atoms with van der Waals surface area (Å²) >= 11 is 0. The van der Waals surface area contributed by atoms with Crippen LogP contribution >= 0.6 is 0 Å². The summed E-state index contributed by atoms with van der Waals surface area (Å²) in [5, 5.41) is 2.96. The molecule has 0 heterocycles. The van der Waals surface area contributed by atoms with E-state index in [0.29, 0.717) is 12.5 Å². The van der Waals surface area contributed by atoms with Gasteiger partial charge in [0.2, 0.25) is 5.91 Å². The summed E-state index contributed by atoms with van der Waals surface area (Å²) in [6, 6.07) is 8.34. The van der Waals surface area contributed by atoms with Crippen molar-refractivity contribution < 1.29 is 4.79 Å². The topological polar surface area (TPSA) is 32.3 Å². The molecule has 1 rings (SSSR count). The van der Waals surface area contributed by atoms with Crippen LogP contribution in [-0.2, 0) is 4.79 Å². The minimum Gasteiger partial charge on any atom is -0.352 e. The summed E-state index contributed by atoms with van der Waals surface area (Å²) in [6.07, 6.45) is 2.71. The lowest BCUT2D eigenvalue weighted by molar-refractivity contribution is -0.116. The first-order chi connectivity index (χ1) is 9.90. The first-order valence-corrected chi connectivity index (χ1v) is 7.61. The second-order valence-corrected chi connectivity index (χ2v) is 6.07. The van der Waals surface area contributed by atoms with Gasteiger partial charge >= 0.3 is 0 Å². The van der Waals surface area contributed by atoms with Crippen LogP contribution in [0.4, 0.5) is 0 Å². The molecule has 0 unspecified atom stereocenters. The molecule has 0 saturated carbocycles. The van der Waals surface area contributed by atoms with Gasteiger partial charge < -0.3 is 10.2 Å². The van der Waals surface area contributed by atoms with Crippen molar-refractivity contribution in [2.75, 3.05) is 27.2 Å². The predicted molar refractivity (Wildman–Crippen MR) is 90.2 cm³/mol. The minimum absolute atomic E-state index is 0.00182. The van der Waals surface area contributed by atoms with E-state index in [-0.39, 0.29) is 5.91 Å². The molecule has 0 radical (unpaired) electrons. The third-order valence-electron chi connectivity index (χ3n) is 3.37. The molecule has 0 fully saturated rings. The van der Waals surface area contributed by atoms with Gasteiger partial charge in [0, 0.05) is 12.6 Å². The van der Waals surface area contributed by atoms with E-state index >= 15 is 0 Å². The Morgan fingerprint density at radius 1 is 1.24 bits per heavy atom. The van der Waals surface area contributed by atoms with Crippen LogP contribution in [0.2, 0.25) is 0 Å². The average Bonchev–Trinajstić information content (AvgIpc) is 2.41. The second-order valence-electron chi connectivity index (χ2n) is 6.07. The second kappa shape index (κ2) is 8.63. The van der Waals surface area contributed by atoms with Gasteiger partial charge in [-0.3, -0.25) is 4.79 Å². The van der Waals surface area contributed by atoms with Crippen molar-refractivity contribution in [2.24, 2.45) is 5.92 Å². The molecule has 1 aromatic rings. The largest absolute Gasteiger partial charge is 0.352 e. The molecule has 0 aromatic heterocycles. The monoisotopic (exact) mass is 288 g/mol. The highest BCUT2D eigenvalue weighted by atomic mass is 16.1. The molecule has 0 spiro atoms. The van der Waals surface area contributed by atoms with Crippen LogP contribution < -0.4 is 5.32 Å². The number of amides is 1. The maximum atomic E-state index is 12.0. The van der Waals surface area contributed by atoms with Crippen LogP contribution in [-0.4, -0.2) is 38.0 Å². The van der Waals surface area contributed by atoms with E-state index in [1.165, 1.54) is 5.56 Å². The Labute approximate surface area is 129 Å². The van der Waals surface area contributed by atoms with Gasteiger partial charge in [-0.05, 0) is 51.0 Å². The summed E-state index contributed by atoms with van der Waals surface area (Å²) in [5.41, 5.74) is 3.44. The van der Waals surface area contributed by atoms with E-state index in [0.717, 1.165) is 24.1 Å². The number of nitrogens with one attached hydrogen (secondary N) is 1. The minimum atomic E-state index is -0.00182. The van der Waals surface area contributed by atoms with Crippen molar-refractivity contribution in [2.45, 2.75) is 27.2 Å². The van der Waals surface area contributed by atoms with Gasteiger partial charge in [0.15, 0.2) is 0 Å². The molecule has 0 aliphatic carbocycles.